The van der Waals surface area contributed by atoms with Crippen molar-refractivity contribution < 1.29 is 25.5 Å². The molecule has 3 aromatic carbocycles. The van der Waals surface area contributed by atoms with Crippen LogP contribution >= 0.6 is 0 Å². The number of hydrogen-bond acceptors (Lipinski definition) is 6. The zero-order chi connectivity index (χ0) is 23.1. The molecule has 3 rings (SSSR count). The molecule has 0 saturated carbocycles. The van der Waals surface area contributed by atoms with Gasteiger partial charge in [-0.25, -0.2) is 0 Å². The summed E-state index contributed by atoms with van der Waals surface area (Å²) in [5.74, 6) is -0.500. The van der Waals surface area contributed by atoms with Crippen molar-refractivity contribution in [2.45, 2.75) is 30.8 Å². The molecule has 32 heavy (non-hydrogen) atoms. The van der Waals surface area contributed by atoms with Crippen LogP contribution in [-0.2, 0) is 6.61 Å². The van der Waals surface area contributed by atoms with E-state index in [-0.39, 0.29) is 25.4 Å². The van der Waals surface area contributed by atoms with Gasteiger partial charge in [-0.15, -0.1) is 0 Å². The number of benzene rings is 3. The van der Waals surface area contributed by atoms with Crippen molar-refractivity contribution in [1.29, 1.82) is 0 Å². The van der Waals surface area contributed by atoms with Crippen molar-refractivity contribution in [3.63, 3.8) is 0 Å². The highest BCUT2D eigenvalue weighted by atomic mass is 16.3. The van der Waals surface area contributed by atoms with Crippen LogP contribution in [0.3, 0.4) is 0 Å². The molecular weight excluding hydrogens is 406 g/mol. The maximum absolute atomic E-state index is 11.2. The lowest BCUT2D eigenvalue weighted by atomic mass is 9.84. The van der Waals surface area contributed by atoms with Crippen LogP contribution in [0.4, 0.5) is 0 Å². The maximum atomic E-state index is 11.2. The number of rotatable bonds is 10. The molecule has 6 heteroatoms. The number of aliphatic hydroxyl groups is 4. The van der Waals surface area contributed by atoms with Crippen molar-refractivity contribution >= 4 is 0 Å². The largest absolute Gasteiger partial charge is 0.508 e. The van der Waals surface area contributed by atoms with E-state index in [0.29, 0.717) is 11.1 Å². The lowest BCUT2D eigenvalue weighted by Gasteiger charge is -2.32. The SMILES string of the molecule is CN(CC(O)c1cccc(O)c1)CC(O)C(c1ccccc1)C(O)c1ccc(CO)cc1. The van der Waals surface area contributed by atoms with E-state index in [4.69, 9.17) is 0 Å². The molecule has 0 aliphatic rings. The van der Waals surface area contributed by atoms with Crippen molar-refractivity contribution in [3.05, 3.63) is 101 Å². The zero-order valence-corrected chi connectivity index (χ0v) is 18.1. The van der Waals surface area contributed by atoms with Gasteiger partial charge < -0.3 is 30.4 Å². The second-order valence-corrected chi connectivity index (χ2v) is 8.18. The van der Waals surface area contributed by atoms with Crippen LogP contribution in [-0.4, -0.2) is 56.7 Å². The molecular formula is C26H31NO5. The third-order valence-corrected chi connectivity index (χ3v) is 5.68. The second-order valence-electron chi connectivity index (χ2n) is 8.18. The Labute approximate surface area is 188 Å². The summed E-state index contributed by atoms with van der Waals surface area (Å²) >= 11 is 0. The second kappa shape index (κ2) is 11.2. The third kappa shape index (κ3) is 6.16. The molecule has 0 amide bonds. The van der Waals surface area contributed by atoms with E-state index in [2.05, 4.69) is 0 Å². The predicted octanol–water partition coefficient (Wildman–Crippen LogP) is 2.73. The quantitative estimate of drug-likeness (QED) is 0.334. The molecule has 0 spiro atoms. The van der Waals surface area contributed by atoms with E-state index >= 15 is 0 Å². The molecule has 0 fully saturated rings. The summed E-state index contributed by atoms with van der Waals surface area (Å²) in [6.07, 6.45) is -2.69. The minimum Gasteiger partial charge on any atom is -0.508 e. The Hall–Kier alpha value is -2.74. The Morgan fingerprint density at radius 3 is 2.03 bits per heavy atom. The van der Waals surface area contributed by atoms with E-state index in [1.54, 1.807) is 54.4 Å². The predicted molar refractivity (Wildman–Crippen MR) is 123 cm³/mol. The van der Waals surface area contributed by atoms with E-state index in [1.165, 1.54) is 6.07 Å². The summed E-state index contributed by atoms with van der Waals surface area (Å²) < 4.78 is 0. The van der Waals surface area contributed by atoms with E-state index < -0.39 is 24.2 Å². The highest BCUT2D eigenvalue weighted by Crippen LogP contribution is 2.34. The topological polar surface area (TPSA) is 104 Å². The lowest BCUT2D eigenvalue weighted by molar-refractivity contribution is 0.0245. The fourth-order valence-electron chi connectivity index (χ4n) is 3.96. The Morgan fingerprint density at radius 1 is 0.750 bits per heavy atom. The molecule has 0 bridgehead atoms. The van der Waals surface area contributed by atoms with Crippen molar-refractivity contribution in [1.82, 2.24) is 4.90 Å². The van der Waals surface area contributed by atoms with Crippen LogP contribution in [0.5, 0.6) is 5.75 Å². The molecule has 4 unspecified atom stereocenters. The van der Waals surface area contributed by atoms with Crippen molar-refractivity contribution in [3.8, 4) is 5.75 Å². The monoisotopic (exact) mass is 437 g/mol. The highest BCUT2D eigenvalue weighted by molar-refractivity contribution is 5.30. The minimum atomic E-state index is -0.954. The van der Waals surface area contributed by atoms with Crippen LogP contribution in [0.1, 0.15) is 40.4 Å². The first kappa shape index (κ1) is 23.9. The van der Waals surface area contributed by atoms with Gasteiger partial charge in [0.25, 0.3) is 0 Å². The molecule has 0 aromatic heterocycles. The van der Waals surface area contributed by atoms with Gasteiger partial charge in [0.05, 0.1) is 24.9 Å². The normalized spacial score (nSPS) is 15.3. The number of phenolic OH excluding ortho intramolecular Hbond substituents is 1. The van der Waals surface area contributed by atoms with E-state index in [1.807, 2.05) is 30.3 Å². The molecule has 0 saturated heterocycles. The summed E-state index contributed by atoms with van der Waals surface area (Å²) in [7, 11) is 1.79. The van der Waals surface area contributed by atoms with Gasteiger partial charge in [0.15, 0.2) is 0 Å². The molecule has 3 aromatic rings. The Morgan fingerprint density at radius 2 is 1.41 bits per heavy atom. The van der Waals surface area contributed by atoms with Crippen LogP contribution < -0.4 is 0 Å². The number of hydrogen-bond donors (Lipinski definition) is 5. The summed E-state index contributed by atoms with van der Waals surface area (Å²) in [6, 6.07) is 22.9. The third-order valence-electron chi connectivity index (χ3n) is 5.68. The summed E-state index contributed by atoms with van der Waals surface area (Å²) in [5.41, 5.74) is 2.80. The number of nitrogens with zero attached hydrogens (tertiary/aromatic N) is 1. The van der Waals surface area contributed by atoms with E-state index in [0.717, 1.165) is 11.1 Å². The van der Waals surface area contributed by atoms with Gasteiger partial charge in [0.1, 0.15) is 5.75 Å². The first-order valence-electron chi connectivity index (χ1n) is 10.7. The first-order chi connectivity index (χ1) is 15.4. The van der Waals surface area contributed by atoms with Gasteiger partial charge in [-0.1, -0.05) is 66.7 Å². The van der Waals surface area contributed by atoms with Gasteiger partial charge in [-0.2, -0.15) is 0 Å². The van der Waals surface area contributed by atoms with Crippen LogP contribution in [0.2, 0.25) is 0 Å². The van der Waals surface area contributed by atoms with Crippen LogP contribution in [0.25, 0.3) is 0 Å². The molecule has 170 valence electrons. The first-order valence-corrected chi connectivity index (χ1v) is 10.7. The molecule has 0 radical (unpaired) electrons. The summed E-state index contributed by atoms with van der Waals surface area (Å²) in [4.78, 5) is 1.80. The molecule has 0 aliphatic heterocycles. The Kier molecular flexibility index (Phi) is 8.39. The fraction of sp³-hybridized carbons (Fsp3) is 0.308. The van der Waals surface area contributed by atoms with Crippen LogP contribution in [0.15, 0.2) is 78.9 Å². The van der Waals surface area contributed by atoms with Gasteiger partial charge >= 0.3 is 0 Å². The molecule has 0 heterocycles. The molecule has 6 nitrogen and oxygen atoms in total. The molecule has 5 N–H and O–H groups in total. The minimum absolute atomic E-state index is 0.0760. The Balaban J connectivity index is 1.75. The van der Waals surface area contributed by atoms with Gasteiger partial charge in [0, 0.05) is 19.0 Å². The smallest absolute Gasteiger partial charge is 0.115 e. The van der Waals surface area contributed by atoms with Gasteiger partial charge in [-0.3, -0.25) is 0 Å². The lowest BCUT2D eigenvalue weighted by Crippen LogP contribution is -2.37. The fourth-order valence-corrected chi connectivity index (χ4v) is 3.96. The number of aromatic hydroxyl groups is 1. The van der Waals surface area contributed by atoms with Crippen molar-refractivity contribution in [2.75, 3.05) is 20.1 Å². The number of likely N-dealkylation sites (N-methyl/N-ethyl adjacent to an activating group) is 1. The van der Waals surface area contributed by atoms with Crippen molar-refractivity contribution in [2.24, 2.45) is 0 Å². The summed E-state index contributed by atoms with van der Waals surface area (Å²) in [5, 5.41) is 51.7. The average molecular weight is 438 g/mol. The standard InChI is InChI=1S/C26H31NO5/c1-27(15-23(30)21-8-5-9-22(29)14-21)16-24(31)25(19-6-3-2-4-7-19)26(32)20-12-10-18(17-28)11-13-20/h2-14,23-26,28-32H,15-17H2,1H3. The molecule has 4 atom stereocenters. The maximum Gasteiger partial charge on any atom is 0.115 e. The molecule has 0 aliphatic carbocycles. The zero-order valence-electron chi connectivity index (χ0n) is 18.1. The average Bonchev–Trinajstić information content (AvgIpc) is 2.79. The highest BCUT2D eigenvalue weighted by Gasteiger charge is 2.31. The van der Waals surface area contributed by atoms with Gasteiger partial charge in [0.2, 0.25) is 0 Å². The number of phenols is 1. The summed E-state index contributed by atoms with van der Waals surface area (Å²) in [6.45, 7) is 0.401. The van der Waals surface area contributed by atoms with E-state index in [9.17, 15) is 25.5 Å². The number of aliphatic hydroxyl groups excluding tert-OH is 4. The van der Waals surface area contributed by atoms with Crippen LogP contribution in [0, 0.1) is 0 Å². The van der Waals surface area contributed by atoms with Gasteiger partial charge in [-0.05, 0) is 41.4 Å². The Bertz CT molecular complexity index is 963.